The molecule has 0 N–H and O–H groups in total. The van der Waals surface area contributed by atoms with Crippen LogP contribution in [0.4, 0.5) is 0 Å². The highest BCUT2D eigenvalue weighted by Gasteiger charge is 2.24. The molecule has 1 aromatic carbocycles. The van der Waals surface area contributed by atoms with E-state index in [2.05, 4.69) is 35.8 Å². The Labute approximate surface area is 126 Å². The molecule has 3 heteroatoms. The van der Waals surface area contributed by atoms with Gasteiger partial charge in [-0.25, -0.2) is 4.98 Å². The third-order valence-corrected chi connectivity index (χ3v) is 4.86. The van der Waals surface area contributed by atoms with Gasteiger partial charge in [0.15, 0.2) is 0 Å². The molecule has 0 fully saturated rings. The average molecular weight is 282 g/mol. The van der Waals surface area contributed by atoms with Crippen LogP contribution in [0.1, 0.15) is 47.3 Å². The second-order valence-electron chi connectivity index (χ2n) is 6.18. The summed E-state index contributed by atoms with van der Waals surface area (Å²) in [5.41, 5.74) is 5.58. The first-order valence-corrected chi connectivity index (χ1v) is 8.07. The normalized spacial score (nSPS) is 20.9. The number of rotatable bonds is 2. The molecule has 21 heavy (non-hydrogen) atoms. The van der Waals surface area contributed by atoms with Crippen molar-refractivity contribution in [1.82, 2.24) is 9.55 Å². The predicted octanol–water partition coefficient (Wildman–Crippen LogP) is 3.38. The quantitative estimate of drug-likeness (QED) is 0.844. The van der Waals surface area contributed by atoms with Crippen molar-refractivity contribution in [3.8, 4) is 0 Å². The molecule has 1 unspecified atom stereocenters. The number of benzene rings is 1. The van der Waals surface area contributed by atoms with E-state index < -0.39 is 0 Å². The number of hydrogen-bond donors (Lipinski definition) is 0. The van der Waals surface area contributed by atoms with Crippen LogP contribution in [0.3, 0.4) is 0 Å². The van der Waals surface area contributed by atoms with Crippen molar-refractivity contribution in [2.75, 3.05) is 6.61 Å². The first kappa shape index (κ1) is 13.1. The Balaban J connectivity index is 1.67. The van der Waals surface area contributed by atoms with Gasteiger partial charge in [0, 0.05) is 5.69 Å². The van der Waals surface area contributed by atoms with Gasteiger partial charge in [-0.1, -0.05) is 24.3 Å². The van der Waals surface area contributed by atoms with Crippen molar-refractivity contribution in [3.05, 3.63) is 52.6 Å². The highest BCUT2D eigenvalue weighted by Crippen LogP contribution is 2.30. The Kier molecular flexibility index (Phi) is 3.30. The molecule has 1 aliphatic heterocycles. The van der Waals surface area contributed by atoms with Gasteiger partial charge in [0.25, 0.3) is 0 Å². The van der Waals surface area contributed by atoms with E-state index in [1.165, 1.54) is 41.8 Å². The lowest BCUT2D eigenvalue weighted by Crippen LogP contribution is -2.22. The molecular formula is C18H22N2O. The molecule has 0 saturated carbocycles. The van der Waals surface area contributed by atoms with Crippen LogP contribution in [0.2, 0.25) is 0 Å². The number of hydrogen-bond acceptors (Lipinski definition) is 2. The standard InChI is InChI=1S/C18H22N2O/c1-13-19-16-8-4-5-9-17(16)20(13)12-18-15-7-3-2-6-14(15)10-11-21-18/h2-3,6-7,18H,4-5,8-12H2,1H3. The van der Waals surface area contributed by atoms with Gasteiger partial charge < -0.3 is 9.30 Å². The summed E-state index contributed by atoms with van der Waals surface area (Å²) in [4.78, 5) is 4.78. The molecule has 2 aliphatic rings. The van der Waals surface area contributed by atoms with E-state index in [1.54, 1.807) is 0 Å². The molecule has 2 aromatic rings. The van der Waals surface area contributed by atoms with Gasteiger partial charge in [0.2, 0.25) is 0 Å². The van der Waals surface area contributed by atoms with Gasteiger partial charge in [-0.2, -0.15) is 0 Å². The van der Waals surface area contributed by atoms with Gasteiger partial charge in [0.05, 0.1) is 18.8 Å². The zero-order valence-electron chi connectivity index (χ0n) is 12.6. The van der Waals surface area contributed by atoms with Crippen molar-refractivity contribution < 1.29 is 4.74 Å². The zero-order chi connectivity index (χ0) is 14.2. The van der Waals surface area contributed by atoms with Crippen LogP contribution in [0.5, 0.6) is 0 Å². The van der Waals surface area contributed by atoms with Gasteiger partial charge >= 0.3 is 0 Å². The Morgan fingerprint density at radius 3 is 3.00 bits per heavy atom. The summed E-state index contributed by atoms with van der Waals surface area (Å²) in [6.07, 6.45) is 6.10. The lowest BCUT2D eigenvalue weighted by atomic mass is 9.97. The van der Waals surface area contributed by atoms with Crippen LogP contribution in [0, 0.1) is 6.92 Å². The van der Waals surface area contributed by atoms with Crippen molar-refractivity contribution in [3.63, 3.8) is 0 Å². The van der Waals surface area contributed by atoms with E-state index >= 15 is 0 Å². The van der Waals surface area contributed by atoms with Crippen LogP contribution >= 0.6 is 0 Å². The summed E-state index contributed by atoms with van der Waals surface area (Å²) >= 11 is 0. The van der Waals surface area contributed by atoms with E-state index in [0.29, 0.717) is 0 Å². The molecule has 3 nitrogen and oxygen atoms in total. The lowest BCUT2D eigenvalue weighted by molar-refractivity contribution is 0.0297. The number of imidazole rings is 1. The Morgan fingerprint density at radius 1 is 1.19 bits per heavy atom. The van der Waals surface area contributed by atoms with Crippen molar-refractivity contribution >= 4 is 0 Å². The monoisotopic (exact) mass is 282 g/mol. The number of aromatic nitrogens is 2. The number of aryl methyl sites for hydroxylation is 2. The topological polar surface area (TPSA) is 27.1 Å². The van der Waals surface area contributed by atoms with Crippen LogP contribution < -0.4 is 0 Å². The third kappa shape index (κ3) is 2.30. The fourth-order valence-corrected chi connectivity index (χ4v) is 3.77. The molecule has 110 valence electrons. The second kappa shape index (κ2) is 5.30. The van der Waals surface area contributed by atoms with Gasteiger partial charge in [-0.3, -0.25) is 0 Å². The molecule has 0 amide bonds. The highest BCUT2D eigenvalue weighted by molar-refractivity contribution is 5.31. The minimum atomic E-state index is 0.175. The summed E-state index contributed by atoms with van der Waals surface area (Å²) < 4.78 is 8.48. The minimum Gasteiger partial charge on any atom is -0.371 e. The largest absolute Gasteiger partial charge is 0.371 e. The average Bonchev–Trinajstić information content (AvgIpc) is 2.84. The summed E-state index contributed by atoms with van der Waals surface area (Å²) in [7, 11) is 0. The van der Waals surface area contributed by atoms with E-state index in [-0.39, 0.29) is 6.10 Å². The van der Waals surface area contributed by atoms with E-state index in [1.807, 2.05) is 0 Å². The molecule has 1 atom stereocenters. The van der Waals surface area contributed by atoms with Gasteiger partial charge in [-0.15, -0.1) is 0 Å². The zero-order valence-corrected chi connectivity index (χ0v) is 12.6. The SMILES string of the molecule is Cc1nc2c(n1CC1OCCc3ccccc31)CCCC2. The lowest BCUT2D eigenvalue weighted by Gasteiger charge is -2.27. The maximum atomic E-state index is 6.08. The maximum absolute atomic E-state index is 6.08. The summed E-state index contributed by atoms with van der Waals surface area (Å²) in [5.74, 6) is 1.15. The molecule has 2 heterocycles. The van der Waals surface area contributed by atoms with E-state index in [0.717, 1.165) is 31.8 Å². The molecule has 0 saturated heterocycles. The Bertz CT molecular complexity index is 659. The van der Waals surface area contributed by atoms with Gasteiger partial charge in [-0.05, 0) is 50.2 Å². The van der Waals surface area contributed by atoms with Gasteiger partial charge in [0.1, 0.15) is 11.9 Å². The van der Waals surface area contributed by atoms with Crippen LogP contribution in [-0.2, 0) is 30.5 Å². The Morgan fingerprint density at radius 2 is 2.05 bits per heavy atom. The van der Waals surface area contributed by atoms with Crippen LogP contribution in [0.25, 0.3) is 0 Å². The van der Waals surface area contributed by atoms with Crippen molar-refractivity contribution in [1.29, 1.82) is 0 Å². The minimum absolute atomic E-state index is 0.175. The van der Waals surface area contributed by atoms with E-state index in [9.17, 15) is 0 Å². The fourth-order valence-electron chi connectivity index (χ4n) is 3.77. The molecule has 0 spiro atoms. The third-order valence-electron chi connectivity index (χ3n) is 4.86. The molecule has 4 rings (SSSR count). The predicted molar refractivity (Wildman–Crippen MR) is 82.4 cm³/mol. The number of ether oxygens (including phenoxy) is 1. The van der Waals surface area contributed by atoms with E-state index in [4.69, 9.17) is 9.72 Å². The Hall–Kier alpha value is -1.61. The van der Waals surface area contributed by atoms with Crippen molar-refractivity contribution in [2.24, 2.45) is 0 Å². The number of fused-ring (bicyclic) bond motifs is 2. The maximum Gasteiger partial charge on any atom is 0.106 e. The first-order chi connectivity index (χ1) is 10.3. The molecule has 0 bridgehead atoms. The second-order valence-corrected chi connectivity index (χ2v) is 6.18. The van der Waals surface area contributed by atoms with Crippen LogP contribution in [-0.4, -0.2) is 16.2 Å². The van der Waals surface area contributed by atoms with Crippen molar-refractivity contribution in [2.45, 2.75) is 51.7 Å². The molecule has 1 aliphatic carbocycles. The smallest absolute Gasteiger partial charge is 0.106 e. The van der Waals surface area contributed by atoms with Crippen LogP contribution in [0.15, 0.2) is 24.3 Å². The fraction of sp³-hybridized carbons (Fsp3) is 0.500. The number of nitrogens with zero attached hydrogens (tertiary/aromatic N) is 2. The summed E-state index contributed by atoms with van der Waals surface area (Å²) in [6, 6.07) is 8.71. The highest BCUT2D eigenvalue weighted by atomic mass is 16.5. The summed E-state index contributed by atoms with van der Waals surface area (Å²) in [5, 5.41) is 0. The first-order valence-electron chi connectivity index (χ1n) is 8.07. The molecule has 0 radical (unpaired) electrons. The molecule has 1 aromatic heterocycles. The summed E-state index contributed by atoms with van der Waals surface area (Å²) in [6.45, 7) is 3.87. The molecular weight excluding hydrogens is 260 g/mol.